The van der Waals surface area contributed by atoms with Crippen LogP contribution in [0.1, 0.15) is 19.8 Å². The van der Waals surface area contributed by atoms with E-state index in [2.05, 4.69) is 12.2 Å². The van der Waals surface area contributed by atoms with Gasteiger partial charge in [-0.15, -0.1) is 0 Å². The zero-order chi connectivity index (χ0) is 9.23. The van der Waals surface area contributed by atoms with Crippen molar-refractivity contribution in [3.8, 4) is 0 Å². The summed E-state index contributed by atoms with van der Waals surface area (Å²) in [7, 11) is 0. The summed E-state index contributed by atoms with van der Waals surface area (Å²) in [5, 5.41) is 20.4. The Hall–Kier alpha value is -0.160. The normalized spacial score (nSPS) is 13.2. The largest absolute Gasteiger partial charge is 0.394 e. The molecule has 0 radical (unpaired) electrons. The Balaban J connectivity index is 3.04. The van der Waals surface area contributed by atoms with Crippen molar-refractivity contribution in [1.29, 1.82) is 0 Å². The molecule has 0 saturated carbocycles. The third-order valence-corrected chi connectivity index (χ3v) is 1.42. The van der Waals surface area contributed by atoms with E-state index in [9.17, 15) is 5.11 Å². The Morgan fingerprint density at radius 1 is 1.50 bits per heavy atom. The average Bonchev–Trinajstić information content (AvgIpc) is 2.06. The summed E-state index contributed by atoms with van der Waals surface area (Å²) in [6, 6.07) is 0. The fraction of sp³-hybridized carbons (Fsp3) is 1.00. The monoisotopic (exact) mass is 177 g/mol. The number of aliphatic hydroxyl groups excluding tert-OH is 2. The summed E-state index contributed by atoms with van der Waals surface area (Å²) in [6.07, 6.45) is 1.55. The Bertz CT molecular complexity index is 80.4. The number of unbranched alkanes of at least 4 members (excludes halogenated alkanes) is 1. The summed E-state index contributed by atoms with van der Waals surface area (Å²) in [5.41, 5.74) is 0. The summed E-state index contributed by atoms with van der Waals surface area (Å²) in [6.45, 7) is 3.43. The van der Waals surface area contributed by atoms with E-state index < -0.39 is 6.23 Å². The molecule has 0 rings (SSSR count). The van der Waals surface area contributed by atoms with Crippen LogP contribution in [0.2, 0.25) is 0 Å². The van der Waals surface area contributed by atoms with E-state index in [1.54, 1.807) is 0 Å². The van der Waals surface area contributed by atoms with E-state index >= 15 is 0 Å². The minimum absolute atomic E-state index is 0.00167. The minimum Gasteiger partial charge on any atom is -0.394 e. The lowest BCUT2D eigenvalue weighted by Gasteiger charge is -2.11. The van der Waals surface area contributed by atoms with Crippen molar-refractivity contribution in [3.63, 3.8) is 0 Å². The van der Waals surface area contributed by atoms with Crippen molar-refractivity contribution in [2.45, 2.75) is 26.0 Å². The topological polar surface area (TPSA) is 61.7 Å². The predicted molar refractivity (Wildman–Crippen MR) is 46.8 cm³/mol. The lowest BCUT2D eigenvalue weighted by Crippen LogP contribution is -2.34. The number of rotatable bonds is 8. The minimum atomic E-state index is -0.608. The molecule has 4 nitrogen and oxygen atoms in total. The van der Waals surface area contributed by atoms with E-state index in [4.69, 9.17) is 9.84 Å². The van der Waals surface area contributed by atoms with Crippen LogP contribution in [-0.4, -0.2) is 42.8 Å². The van der Waals surface area contributed by atoms with Crippen LogP contribution in [-0.2, 0) is 4.74 Å². The molecule has 0 saturated heterocycles. The highest BCUT2D eigenvalue weighted by molar-refractivity contribution is 4.51. The molecule has 3 N–H and O–H groups in total. The van der Waals surface area contributed by atoms with Crippen molar-refractivity contribution >= 4 is 0 Å². The SMILES string of the molecule is CCCCNC(O)COCCO. The third kappa shape index (κ3) is 7.94. The predicted octanol–water partition coefficient (Wildman–Crippen LogP) is -0.297. The van der Waals surface area contributed by atoms with Gasteiger partial charge in [0.05, 0.1) is 19.8 Å². The maximum atomic E-state index is 9.18. The molecule has 0 aromatic heterocycles. The van der Waals surface area contributed by atoms with Gasteiger partial charge in [0, 0.05) is 0 Å². The van der Waals surface area contributed by atoms with Crippen LogP contribution < -0.4 is 5.32 Å². The number of hydrogen-bond donors (Lipinski definition) is 3. The van der Waals surface area contributed by atoms with Gasteiger partial charge in [0.2, 0.25) is 0 Å². The van der Waals surface area contributed by atoms with Crippen molar-refractivity contribution < 1.29 is 14.9 Å². The first-order valence-corrected chi connectivity index (χ1v) is 4.41. The fourth-order valence-corrected chi connectivity index (χ4v) is 0.764. The lowest BCUT2D eigenvalue weighted by molar-refractivity contribution is 0.00650. The second kappa shape index (κ2) is 8.93. The van der Waals surface area contributed by atoms with E-state index in [1.165, 1.54) is 0 Å². The molecule has 0 aliphatic rings. The van der Waals surface area contributed by atoms with Gasteiger partial charge in [0.15, 0.2) is 0 Å². The van der Waals surface area contributed by atoms with Crippen LogP contribution in [0.4, 0.5) is 0 Å². The summed E-state index contributed by atoms with van der Waals surface area (Å²) in [4.78, 5) is 0. The molecule has 0 amide bonds. The van der Waals surface area contributed by atoms with Crippen LogP contribution >= 0.6 is 0 Å². The van der Waals surface area contributed by atoms with Crippen LogP contribution in [0.3, 0.4) is 0 Å². The first-order chi connectivity index (χ1) is 5.81. The van der Waals surface area contributed by atoms with Gasteiger partial charge in [-0.25, -0.2) is 0 Å². The quantitative estimate of drug-likeness (QED) is 0.352. The molecule has 12 heavy (non-hydrogen) atoms. The van der Waals surface area contributed by atoms with E-state index in [0.29, 0.717) is 0 Å². The standard InChI is InChI=1S/C8H19NO3/c1-2-3-4-9-8(11)7-12-6-5-10/h8-11H,2-7H2,1H3. The zero-order valence-electron chi connectivity index (χ0n) is 7.62. The van der Waals surface area contributed by atoms with Gasteiger partial charge in [0.25, 0.3) is 0 Å². The van der Waals surface area contributed by atoms with Gasteiger partial charge in [-0.2, -0.15) is 0 Å². The molecule has 0 aliphatic carbocycles. The third-order valence-electron chi connectivity index (χ3n) is 1.42. The summed E-state index contributed by atoms with van der Waals surface area (Å²) < 4.78 is 4.91. The van der Waals surface area contributed by atoms with Crippen molar-refractivity contribution in [2.75, 3.05) is 26.4 Å². The summed E-state index contributed by atoms with van der Waals surface area (Å²) in [5.74, 6) is 0. The molecule has 74 valence electrons. The highest BCUT2D eigenvalue weighted by atomic mass is 16.5. The fourth-order valence-electron chi connectivity index (χ4n) is 0.764. The van der Waals surface area contributed by atoms with Gasteiger partial charge in [-0.1, -0.05) is 13.3 Å². The molecule has 0 aromatic carbocycles. The van der Waals surface area contributed by atoms with Crippen LogP contribution in [0.5, 0.6) is 0 Å². The second-order valence-electron chi connectivity index (χ2n) is 2.62. The van der Waals surface area contributed by atoms with Crippen molar-refractivity contribution in [3.05, 3.63) is 0 Å². The molecule has 0 bridgehead atoms. The maximum Gasteiger partial charge on any atom is 0.128 e. The van der Waals surface area contributed by atoms with Gasteiger partial charge in [-0.3, -0.25) is 5.32 Å². The number of hydrogen-bond acceptors (Lipinski definition) is 4. The average molecular weight is 177 g/mol. The Labute approximate surface area is 73.5 Å². The molecular formula is C8H19NO3. The second-order valence-corrected chi connectivity index (χ2v) is 2.62. The zero-order valence-corrected chi connectivity index (χ0v) is 7.62. The summed E-state index contributed by atoms with van der Waals surface area (Å²) >= 11 is 0. The van der Waals surface area contributed by atoms with Crippen LogP contribution in [0, 0.1) is 0 Å². The van der Waals surface area contributed by atoms with Crippen molar-refractivity contribution in [2.24, 2.45) is 0 Å². The molecule has 0 heterocycles. The molecule has 0 fully saturated rings. The van der Waals surface area contributed by atoms with Crippen molar-refractivity contribution in [1.82, 2.24) is 5.32 Å². The molecule has 0 aromatic rings. The lowest BCUT2D eigenvalue weighted by atomic mass is 10.3. The number of nitrogens with one attached hydrogen (secondary N) is 1. The Kier molecular flexibility index (Phi) is 8.81. The molecule has 4 heteroatoms. The molecule has 1 atom stereocenters. The Morgan fingerprint density at radius 2 is 2.25 bits per heavy atom. The highest BCUT2D eigenvalue weighted by Gasteiger charge is 2.00. The van der Waals surface area contributed by atoms with Gasteiger partial charge in [0.1, 0.15) is 6.23 Å². The molecule has 0 spiro atoms. The van der Waals surface area contributed by atoms with Crippen LogP contribution in [0.25, 0.3) is 0 Å². The Morgan fingerprint density at radius 3 is 2.83 bits per heavy atom. The molecule has 0 aliphatic heterocycles. The van der Waals surface area contributed by atoms with Crippen LogP contribution in [0.15, 0.2) is 0 Å². The highest BCUT2D eigenvalue weighted by Crippen LogP contribution is 1.85. The molecule has 1 unspecified atom stereocenters. The number of ether oxygens (including phenoxy) is 1. The number of aliphatic hydroxyl groups is 2. The van der Waals surface area contributed by atoms with E-state index in [1.807, 2.05) is 0 Å². The first-order valence-electron chi connectivity index (χ1n) is 4.41. The smallest absolute Gasteiger partial charge is 0.128 e. The van der Waals surface area contributed by atoms with E-state index in [-0.39, 0.29) is 19.8 Å². The van der Waals surface area contributed by atoms with Gasteiger partial charge < -0.3 is 14.9 Å². The van der Waals surface area contributed by atoms with Gasteiger partial charge >= 0.3 is 0 Å². The molecular weight excluding hydrogens is 158 g/mol. The first kappa shape index (κ1) is 11.8. The van der Waals surface area contributed by atoms with E-state index in [0.717, 1.165) is 19.4 Å². The maximum absolute atomic E-state index is 9.18. The van der Waals surface area contributed by atoms with Gasteiger partial charge in [-0.05, 0) is 13.0 Å².